The molecule has 3 aromatic rings. The molecule has 1 aliphatic heterocycles. The van der Waals surface area contributed by atoms with Crippen molar-refractivity contribution in [2.45, 2.75) is 25.7 Å². The predicted molar refractivity (Wildman–Crippen MR) is 134 cm³/mol. The van der Waals surface area contributed by atoms with Gasteiger partial charge in [0.15, 0.2) is 0 Å². The molecule has 1 saturated heterocycles. The summed E-state index contributed by atoms with van der Waals surface area (Å²) in [6, 6.07) is 19.4. The van der Waals surface area contributed by atoms with Crippen LogP contribution in [-0.4, -0.2) is 24.2 Å². The van der Waals surface area contributed by atoms with Gasteiger partial charge >= 0.3 is 0 Å². The lowest BCUT2D eigenvalue weighted by atomic mass is 10.1. The van der Waals surface area contributed by atoms with E-state index in [1.807, 2.05) is 12.1 Å². The van der Waals surface area contributed by atoms with Crippen molar-refractivity contribution in [3.63, 3.8) is 0 Å². The van der Waals surface area contributed by atoms with Gasteiger partial charge in [-0.3, -0.25) is 15.0 Å². The van der Waals surface area contributed by atoms with E-state index in [0.717, 1.165) is 18.4 Å². The van der Waals surface area contributed by atoms with Crippen LogP contribution in [-0.2, 0) is 16.0 Å². The molecule has 0 unspecified atom stereocenters. The third-order valence-corrected chi connectivity index (χ3v) is 5.79. The van der Waals surface area contributed by atoms with Gasteiger partial charge < -0.3 is 20.7 Å². The van der Waals surface area contributed by atoms with Crippen molar-refractivity contribution in [2.24, 2.45) is 5.73 Å². The van der Waals surface area contributed by atoms with Crippen LogP contribution >= 0.6 is 11.6 Å². The number of carbonyl (C=O) groups excluding carboxylic acids is 2. The van der Waals surface area contributed by atoms with E-state index >= 15 is 0 Å². The van der Waals surface area contributed by atoms with Crippen LogP contribution in [0.2, 0.25) is 5.02 Å². The molecule has 8 heteroatoms. The van der Waals surface area contributed by atoms with Crippen LogP contribution < -0.4 is 20.7 Å². The lowest BCUT2D eigenvalue weighted by Crippen LogP contribution is -2.35. The topological polar surface area (TPSA) is 109 Å². The van der Waals surface area contributed by atoms with Crippen LogP contribution in [0.4, 0.5) is 11.4 Å². The van der Waals surface area contributed by atoms with Gasteiger partial charge in [-0.1, -0.05) is 35.9 Å². The van der Waals surface area contributed by atoms with Crippen LogP contribution in [0.15, 0.2) is 66.7 Å². The molecule has 4 N–H and O–H groups in total. The molecule has 7 nitrogen and oxygen atoms in total. The Kier molecular flexibility index (Phi) is 7.13. The number of nitrogen functional groups attached to an aromatic ring is 1. The molecule has 0 aromatic heterocycles. The zero-order valence-corrected chi connectivity index (χ0v) is 19.3. The molecule has 1 aliphatic rings. The molecule has 34 heavy (non-hydrogen) atoms. The highest BCUT2D eigenvalue weighted by Crippen LogP contribution is 2.31. The highest BCUT2D eigenvalue weighted by atomic mass is 35.5. The van der Waals surface area contributed by atoms with Gasteiger partial charge in [-0.05, 0) is 60.9 Å². The average molecular weight is 477 g/mol. The smallest absolute Gasteiger partial charge is 0.228 e. The molecule has 2 amide bonds. The summed E-state index contributed by atoms with van der Waals surface area (Å²) in [5.74, 6) is 0.959. The van der Waals surface area contributed by atoms with Crippen LogP contribution in [0, 0.1) is 5.41 Å². The molecule has 4 rings (SSSR count). The second-order valence-electron chi connectivity index (χ2n) is 8.08. The maximum Gasteiger partial charge on any atom is 0.228 e. The van der Waals surface area contributed by atoms with Crippen molar-refractivity contribution in [3.05, 3.63) is 82.9 Å². The van der Waals surface area contributed by atoms with Crippen LogP contribution in [0.25, 0.3) is 0 Å². The molecule has 0 atom stereocenters. The Balaban J connectivity index is 1.39. The van der Waals surface area contributed by atoms with E-state index in [1.165, 1.54) is 0 Å². The van der Waals surface area contributed by atoms with E-state index in [9.17, 15) is 9.59 Å². The Bertz CT molecular complexity index is 1240. The largest absolute Gasteiger partial charge is 0.457 e. The van der Waals surface area contributed by atoms with Gasteiger partial charge in [0.2, 0.25) is 11.8 Å². The quantitative estimate of drug-likeness (QED) is 0.325. The summed E-state index contributed by atoms with van der Waals surface area (Å²) in [4.78, 5) is 26.5. The van der Waals surface area contributed by atoms with Gasteiger partial charge in [0.05, 0.1) is 17.1 Å². The fourth-order valence-electron chi connectivity index (χ4n) is 3.84. The van der Waals surface area contributed by atoms with Gasteiger partial charge in [-0.15, -0.1) is 0 Å². The Morgan fingerprint density at radius 1 is 1.06 bits per heavy atom. The minimum Gasteiger partial charge on any atom is -0.457 e. The summed E-state index contributed by atoms with van der Waals surface area (Å²) >= 11 is 6.42. The van der Waals surface area contributed by atoms with Crippen molar-refractivity contribution in [1.29, 1.82) is 5.41 Å². The molecule has 0 radical (unpaired) electrons. The number of ether oxygens (including phenoxy) is 1. The summed E-state index contributed by atoms with van der Waals surface area (Å²) in [7, 11) is 0. The predicted octanol–water partition coefficient (Wildman–Crippen LogP) is 5.11. The number of hydrogen-bond acceptors (Lipinski definition) is 4. The zero-order valence-electron chi connectivity index (χ0n) is 18.5. The third-order valence-electron chi connectivity index (χ3n) is 5.49. The number of benzene rings is 3. The number of nitrogens with zero attached hydrogens (tertiary/aromatic N) is 1. The first-order valence-electron chi connectivity index (χ1n) is 11.0. The first-order chi connectivity index (χ1) is 16.4. The number of nitrogens with one attached hydrogen (secondary N) is 2. The van der Waals surface area contributed by atoms with Crippen LogP contribution in [0.5, 0.6) is 11.5 Å². The molecular formula is C26H25ClN4O3. The van der Waals surface area contributed by atoms with Gasteiger partial charge in [0.25, 0.3) is 0 Å². The number of nitrogens with two attached hydrogens (primary N) is 1. The number of amides is 2. The van der Waals surface area contributed by atoms with E-state index in [2.05, 4.69) is 5.32 Å². The van der Waals surface area contributed by atoms with Gasteiger partial charge in [-0.25, -0.2) is 0 Å². The molecule has 3 aromatic carbocycles. The molecule has 0 aliphatic carbocycles. The van der Waals surface area contributed by atoms with Crippen molar-refractivity contribution in [2.75, 3.05) is 16.8 Å². The Morgan fingerprint density at radius 2 is 1.82 bits per heavy atom. The van der Waals surface area contributed by atoms with E-state index in [4.69, 9.17) is 27.5 Å². The van der Waals surface area contributed by atoms with Gasteiger partial charge in [0.1, 0.15) is 17.3 Å². The third kappa shape index (κ3) is 5.74. The van der Waals surface area contributed by atoms with Gasteiger partial charge in [-0.2, -0.15) is 0 Å². The van der Waals surface area contributed by atoms with E-state index in [1.54, 1.807) is 59.5 Å². The van der Waals surface area contributed by atoms with E-state index in [0.29, 0.717) is 46.4 Å². The Labute approximate surface area is 203 Å². The number of rotatable bonds is 7. The Morgan fingerprint density at radius 3 is 2.56 bits per heavy atom. The maximum absolute atomic E-state index is 12.6. The summed E-state index contributed by atoms with van der Waals surface area (Å²) in [5, 5.41) is 10.8. The first kappa shape index (κ1) is 23.3. The number of hydrogen-bond donors (Lipinski definition) is 3. The molecule has 0 saturated carbocycles. The number of halogens is 1. The van der Waals surface area contributed by atoms with Crippen molar-refractivity contribution in [1.82, 2.24) is 0 Å². The standard InChI is InChI=1S/C26H25ClN4O3/c27-22-16-19(10-11-23(22)31-12-2-1-9-25(31)33)30-24(32)14-17-5-3-7-20(13-17)34-21-8-4-6-18(15-21)26(28)29/h3-8,10-11,13,15-16H,1-2,9,12,14H2,(H3,28,29)(H,30,32). The van der Waals surface area contributed by atoms with E-state index in [-0.39, 0.29) is 24.1 Å². The minimum atomic E-state index is -0.200. The van der Waals surface area contributed by atoms with E-state index < -0.39 is 0 Å². The SMILES string of the molecule is N=C(N)c1cccc(Oc2cccc(CC(=O)Nc3ccc(N4CCCCC4=O)c(Cl)c3)c2)c1. The van der Waals surface area contributed by atoms with Gasteiger partial charge in [0, 0.05) is 24.2 Å². The molecule has 1 heterocycles. The number of amidine groups is 1. The van der Waals surface area contributed by atoms with Crippen molar-refractivity contribution >= 4 is 40.6 Å². The lowest BCUT2D eigenvalue weighted by Gasteiger charge is -2.27. The molecule has 0 bridgehead atoms. The zero-order chi connectivity index (χ0) is 24.1. The monoisotopic (exact) mass is 476 g/mol. The summed E-state index contributed by atoms with van der Waals surface area (Å²) in [6.07, 6.45) is 2.53. The van der Waals surface area contributed by atoms with Crippen molar-refractivity contribution < 1.29 is 14.3 Å². The second-order valence-corrected chi connectivity index (χ2v) is 8.49. The molecular weight excluding hydrogens is 452 g/mol. The number of piperidine rings is 1. The van der Waals surface area contributed by atoms with Crippen LogP contribution in [0.3, 0.4) is 0 Å². The summed E-state index contributed by atoms with van der Waals surface area (Å²) in [5.41, 5.74) is 8.12. The molecule has 0 spiro atoms. The highest BCUT2D eigenvalue weighted by molar-refractivity contribution is 6.34. The average Bonchev–Trinajstić information content (AvgIpc) is 2.80. The van der Waals surface area contributed by atoms with Crippen LogP contribution in [0.1, 0.15) is 30.4 Å². The summed E-state index contributed by atoms with van der Waals surface area (Å²) in [6.45, 7) is 0.654. The van der Waals surface area contributed by atoms with Crippen molar-refractivity contribution in [3.8, 4) is 11.5 Å². The fourth-order valence-corrected chi connectivity index (χ4v) is 4.12. The Hall–Kier alpha value is -3.84. The fraction of sp³-hybridized carbons (Fsp3) is 0.192. The second kappa shape index (κ2) is 10.4. The molecule has 1 fully saturated rings. The molecule has 174 valence electrons. The highest BCUT2D eigenvalue weighted by Gasteiger charge is 2.21. The summed E-state index contributed by atoms with van der Waals surface area (Å²) < 4.78 is 5.87. The first-order valence-corrected chi connectivity index (χ1v) is 11.4. The number of anilines is 2. The number of carbonyl (C=O) groups is 2. The normalized spacial score (nSPS) is 13.4. The maximum atomic E-state index is 12.6. The minimum absolute atomic E-state index is 0.0356. The lowest BCUT2D eigenvalue weighted by molar-refractivity contribution is -0.119.